The van der Waals surface area contributed by atoms with Crippen LogP contribution in [0.25, 0.3) is 11.4 Å². The van der Waals surface area contributed by atoms with Crippen molar-refractivity contribution in [3.63, 3.8) is 0 Å². The molecule has 0 spiro atoms. The molecule has 1 amide bonds. The molecule has 30 heavy (non-hydrogen) atoms. The molecule has 0 aliphatic heterocycles. The van der Waals surface area contributed by atoms with E-state index in [0.717, 1.165) is 24.0 Å². The van der Waals surface area contributed by atoms with Crippen molar-refractivity contribution < 1.29 is 13.8 Å². The topological polar surface area (TPSA) is 107 Å². The fraction of sp³-hybridized carbons (Fsp3) is 0.227. The Balaban J connectivity index is 1.17. The summed E-state index contributed by atoms with van der Waals surface area (Å²) >= 11 is 0. The van der Waals surface area contributed by atoms with Gasteiger partial charge in [-0.3, -0.25) is 4.79 Å². The van der Waals surface area contributed by atoms with Gasteiger partial charge in [0.2, 0.25) is 17.6 Å². The lowest BCUT2D eigenvalue weighted by Crippen LogP contribution is -2.23. The van der Waals surface area contributed by atoms with Crippen LogP contribution in [0.15, 0.2) is 63.6 Å². The molecule has 4 aromatic rings. The summed E-state index contributed by atoms with van der Waals surface area (Å²) in [7, 11) is 0. The van der Waals surface area contributed by atoms with Crippen molar-refractivity contribution in [2.45, 2.75) is 31.7 Å². The predicted molar refractivity (Wildman–Crippen MR) is 106 cm³/mol. The number of benzene rings is 2. The highest BCUT2D eigenvalue weighted by atomic mass is 16.5. The van der Waals surface area contributed by atoms with Crippen molar-refractivity contribution in [2.75, 3.05) is 0 Å². The monoisotopic (exact) mass is 401 g/mol. The van der Waals surface area contributed by atoms with Gasteiger partial charge in [-0.15, -0.1) is 0 Å². The minimum atomic E-state index is -0.220. The number of carbonyl (C=O) groups is 1. The molecule has 0 atom stereocenters. The van der Waals surface area contributed by atoms with Gasteiger partial charge in [0.15, 0.2) is 5.82 Å². The van der Waals surface area contributed by atoms with Crippen LogP contribution in [0.4, 0.5) is 0 Å². The van der Waals surface area contributed by atoms with Crippen molar-refractivity contribution >= 4 is 5.91 Å². The third-order valence-electron chi connectivity index (χ3n) is 4.89. The molecule has 1 aliphatic rings. The Hall–Kier alpha value is -3.81. The molecule has 150 valence electrons. The molecule has 5 rings (SSSR count). The lowest BCUT2D eigenvalue weighted by Gasteiger charge is -2.03. The zero-order chi connectivity index (χ0) is 20.3. The Labute approximate surface area is 172 Å². The largest absolute Gasteiger partial charge is 0.345 e. The molecule has 1 aliphatic carbocycles. The summed E-state index contributed by atoms with van der Waals surface area (Å²) in [6.07, 6.45) is 2.77. The summed E-state index contributed by atoms with van der Waals surface area (Å²) in [4.78, 5) is 21.2. The van der Waals surface area contributed by atoms with Crippen molar-refractivity contribution in [3.05, 3.63) is 83.3 Å². The second kappa shape index (κ2) is 7.90. The fourth-order valence-electron chi connectivity index (χ4n) is 3.08. The summed E-state index contributed by atoms with van der Waals surface area (Å²) in [6, 6.07) is 17.0. The van der Waals surface area contributed by atoms with Crippen molar-refractivity contribution in [3.8, 4) is 11.4 Å². The predicted octanol–water partition coefficient (Wildman–Crippen LogP) is 3.52. The van der Waals surface area contributed by atoms with Gasteiger partial charge in [-0.25, -0.2) is 0 Å². The Morgan fingerprint density at radius 1 is 0.967 bits per heavy atom. The fourth-order valence-corrected chi connectivity index (χ4v) is 3.08. The molecule has 8 heteroatoms. The van der Waals surface area contributed by atoms with E-state index in [0.29, 0.717) is 41.3 Å². The molecule has 1 saturated carbocycles. The molecule has 8 nitrogen and oxygen atoms in total. The smallest absolute Gasteiger partial charge is 0.251 e. The summed E-state index contributed by atoms with van der Waals surface area (Å²) in [5, 5.41) is 10.7. The molecule has 0 unspecified atom stereocenters. The van der Waals surface area contributed by atoms with Gasteiger partial charge >= 0.3 is 0 Å². The quantitative estimate of drug-likeness (QED) is 0.505. The summed E-state index contributed by atoms with van der Waals surface area (Å²) in [6.45, 7) is 0.189. The molecule has 0 saturated heterocycles. The third-order valence-corrected chi connectivity index (χ3v) is 4.89. The van der Waals surface area contributed by atoms with E-state index in [4.69, 9.17) is 9.05 Å². The highest BCUT2D eigenvalue weighted by molar-refractivity contribution is 5.94. The Morgan fingerprint density at radius 2 is 1.77 bits per heavy atom. The molecule has 0 radical (unpaired) electrons. The minimum Gasteiger partial charge on any atom is -0.345 e. The van der Waals surface area contributed by atoms with E-state index in [-0.39, 0.29) is 12.5 Å². The first-order valence-corrected chi connectivity index (χ1v) is 9.82. The molecule has 1 N–H and O–H groups in total. The second-order valence-corrected chi connectivity index (χ2v) is 7.26. The van der Waals surface area contributed by atoms with E-state index in [1.165, 1.54) is 0 Å². The van der Waals surface area contributed by atoms with Crippen LogP contribution in [0, 0.1) is 0 Å². The van der Waals surface area contributed by atoms with E-state index in [2.05, 4.69) is 25.6 Å². The van der Waals surface area contributed by atoms with Gasteiger partial charge in [0.05, 0.1) is 13.0 Å². The van der Waals surface area contributed by atoms with Gasteiger partial charge in [0, 0.05) is 17.0 Å². The first kappa shape index (κ1) is 18.2. The number of carbonyl (C=O) groups excluding carboxylic acids is 1. The number of hydrogen-bond acceptors (Lipinski definition) is 7. The standard InChI is InChI=1S/C22H19N5O3/c28-21(23-13-18-24-19(29-26-18)12-14-4-2-1-3-5-14)16-8-6-15(7-9-16)20-25-22(30-27-20)17-10-11-17/h1-9,17H,10-13H2,(H,23,28). The van der Waals surface area contributed by atoms with Gasteiger partial charge in [0.1, 0.15) is 0 Å². The first-order valence-electron chi connectivity index (χ1n) is 9.82. The minimum absolute atomic E-state index is 0.189. The molecular weight excluding hydrogens is 382 g/mol. The highest BCUT2D eigenvalue weighted by Gasteiger charge is 2.29. The normalized spacial score (nSPS) is 13.3. The van der Waals surface area contributed by atoms with E-state index >= 15 is 0 Å². The van der Waals surface area contributed by atoms with Crippen LogP contribution in [0.1, 0.15) is 52.3 Å². The number of rotatable bonds is 7. The zero-order valence-corrected chi connectivity index (χ0v) is 16.1. The molecule has 2 aromatic heterocycles. The van der Waals surface area contributed by atoms with E-state index in [1.807, 2.05) is 42.5 Å². The van der Waals surface area contributed by atoms with Crippen molar-refractivity contribution in [1.82, 2.24) is 25.6 Å². The Morgan fingerprint density at radius 3 is 2.53 bits per heavy atom. The summed E-state index contributed by atoms with van der Waals surface area (Å²) < 4.78 is 10.5. The number of nitrogens with zero attached hydrogens (tertiary/aromatic N) is 4. The first-order chi connectivity index (χ1) is 14.7. The second-order valence-electron chi connectivity index (χ2n) is 7.26. The van der Waals surface area contributed by atoms with Crippen LogP contribution >= 0.6 is 0 Å². The number of hydrogen-bond donors (Lipinski definition) is 1. The van der Waals surface area contributed by atoms with Crippen molar-refractivity contribution in [1.29, 1.82) is 0 Å². The number of aromatic nitrogens is 4. The Kier molecular flexibility index (Phi) is 4.80. The number of amides is 1. The third kappa shape index (κ3) is 4.12. The summed E-state index contributed by atoms with van der Waals surface area (Å²) in [5.41, 5.74) is 2.42. The summed E-state index contributed by atoms with van der Waals surface area (Å²) in [5.74, 6) is 2.38. The average molecular weight is 401 g/mol. The maximum atomic E-state index is 12.4. The average Bonchev–Trinajstić information content (AvgIpc) is 3.34. The maximum absolute atomic E-state index is 12.4. The molecule has 2 aromatic carbocycles. The molecule has 2 heterocycles. The number of nitrogens with one attached hydrogen (secondary N) is 1. The van der Waals surface area contributed by atoms with Crippen LogP contribution in [0.2, 0.25) is 0 Å². The molecule has 1 fully saturated rings. The lowest BCUT2D eigenvalue weighted by molar-refractivity contribution is 0.0949. The van der Waals surface area contributed by atoms with Crippen LogP contribution in [0.5, 0.6) is 0 Å². The van der Waals surface area contributed by atoms with Gasteiger partial charge < -0.3 is 14.4 Å². The molecule has 0 bridgehead atoms. The van der Waals surface area contributed by atoms with E-state index < -0.39 is 0 Å². The maximum Gasteiger partial charge on any atom is 0.251 e. The van der Waals surface area contributed by atoms with E-state index in [9.17, 15) is 4.79 Å². The van der Waals surface area contributed by atoms with Crippen LogP contribution in [0.3, 0.4) is 0 Å². The molecular formula is C22H19N5O3. The van der Waals surface area contributed by atoms with Crippen LogP contribution < -0.4 is 5.32 Å². The van der Waals surface area contributed by atoms with Crippen LogP contribution in [-0.4, -0.2) is 26.2 Å². The highest BCUT2D eigenvalue weighted by Crippen LogP contribution is 2.39. The SMILES string of the molecule is O=C(NCc1noc(Cc2ccccc2)n1)c1ccc(-c2noc(C3CC3)n2)cc1. The van der Waals surface area contributed by atoms with Crippen LogP contribution in [-0.2, 0) is 13.0 Å². The van der Waals surface area contributed by atoms with Gasteiger partial charge in [-0.1, -0.05) is 52.8 Å². The van der Waals surface area contributed by atoms with Crippen molar-refractivity contribution in [2.24, 2.45) is 0 Å². The Bertz CT molecular complexity index is 1150. The zero-order valence-electron chi connectivity index (χ0n) is 16.1. The van der Waals surface area contributed by atoms with Gasteiger partial charge in [-0.2, -0.15) is 9.97 Å². The lowest BCUT2D eigenvalue weighted by atomic mass is 10.1. The van der Waals surface area contributed by atoms with E-state index in [1.54, 1.807) is 12.1 Å². The van der Waals surface area contributed by atoms with Gasteiger partial charge in [0.25, 0.3) is 5.91 Å². The van der Waals surface area contributed by atoms with Gasteiger partial charge in [-0.05, 0) is 30.5 Å².